The molecule has 2 rings (SSSR count). The summed E-state index contributed by atoms with van der Waals surface area (Å²) in [6, 6.07) is -0.908. The minimum atomic E-state index is -1.72. The van der Waals surface area contributed by atoms with Crippen LogP contribution in [0.3, 0.4) is 0 Å². The highest BCUT2D eigenvalue weighted by molar-refractivity contribution is 5.74. The lowest BCUT2D eigenvalue weighted by molar-refractivity contribution is -0.336. The lowest BCUT2D eigenvalue weighted by Crippen LogP contribution is -2.68. The summed E-state index contributed by atoms with van der Waals surface area (Å²) in [6.07, 6.45) is -12.1. The quantitative estimate of drug-likeness (QED) is 0.236. The number of hydrogen-bond acceptors (Lipinski definition) is 10. The third-order valence-electron chi connectivity index (χ3n) is 5.90. The van der Waals surface area contributed by atoms with Gasteiger partial charge in [0.05, 0.1) is 24.4 Å². The predicted molar refractivity (Wildman–Crippen MR) is 107 cm³/mol. The van der Waals surface area contributed by atoms with Crippen LogP contribution >= 0.6 is 0 Å². The molecule has 0 spiro atoms. The van der Waals surface area contributed by atoms with E-state index < -0.39 is 85.2 Å². The summed E-state index contributed by atoms with van der Waals surface area (Å²) in [5, 5.41) is 53.6. The molecule has 32 heavy (non-hydrogen) atoms. The summed E-state index contributed by atoms with van der Waals surface area (Å²) in [5.41, 5.74) is -0.798. The molecule has 0 aromatic rings. The van der Waals surface area contributed by atoms with Gasteiger partial charge in [-0.15, -0.1) is 0 Å². The van der Waals surface area contributed by atoms with Crippen LogP contribution < -0.4 is 5.32 Å². The van der Waals surface area contributed by atoms with Crippen LogP contribution in [0.5, 0.6) is 0 Å². The van der Waals surface area contributed by atoms with E-state index in [9.17, 15) is 35.1 Å². The molecule has 0 aliphatic carbocycles. The molecular weight excluding hydrogens is 430 g/mol. The number of carbonyl (C=O) groups is 2. The van der Waals surface area contributed by atoms with Gasteiger partial charge in [0.1, 0.15) is 36.6 Å². The molecule has 2 aliphatic heterocycles. The van der Waals surface area contributed by atoms with E-state index >= 15 is 0 Å². The maximum atomic E-state index is 11.8. The van der Waals surface area contributed by atoms with E-state index in [1.807, 2.05) is 6.92 Å². The van der Waals surface area contributed by atoms with Gasteiger partial charge in [0.25, 0.3) is 0 Å². The highest BCUT2D eigenvalue weighted by atomic mass is 16.7. The second kappa shape index (κ2) is 10.7. The van der Waals surface area contributed by atoms with E-state index in [1.54, 1.807) is 20.8 Å². The molecule has 12 heteroatoms. The van der Waals surface area contributed by atoms with Crippen LogP contribution in [-0.4, -0.2) is 111 Å². The molecule has 0 radical (unpaired) electrons. The Morgan fingerprint density at radius 2 is 1.69 bits per heavy atom. The molecular formula is C20H35NO11. The maximum absolute atomic E-state index is 11.8. The van der Waals surface area contributed by atoms with Crippen molar-refractivity contribution in [2.45, 2.75) is 108 Å². The topological polar surface area (TPSA) is 184 Å². The Morgan fingerprint density at radius 3 is 2.19 bits per heavy atom. The lowest BCUT2D eigenvalue weighted by atomic mass is 9.92. The number of ether oxygens (including phenoxy) is 4. The molecule has 0 aromatic heterocycles. The molecule has 12 nitrogen and oxygen atoms in total. The zero-order valence-electron chi connectivity index (χ0n) is 18.9. The van der Waals surface area contributed by atoms with Crippen molar-refractivity contribution in [1.29, 1.82) is 0 Å². The van der Waals surface area contributed by atoms with Crippen molar-refractivity contribution in [1.82, 2.24) is 5.32 Å². The number of carbonyl (C=O) groups excluding carboxylic acids is 1. The van der Waals surface area contributed by atoms with Crippen molar-refractivity contribution in [2.24, 2.45) is 0 Å². The fourth-order valence-corrected chi connectivity index (χ4v) is 3.77. The fraction of sp³-hybridized carbons (Fsp3) is 0.900. The fourth-order valence-electron chi connectivity index (χ4n) is 3.77. The number of aliphatic hydroxyl groups excluding tert-OH is 4. The smallest absolute Gasteiger partial charge is 0.335 e. The molecule has 6 N–H and O–H groups in total. The summed E-state index contributed by atoms with van der Waals surface area (Å²) in [4.78, 5) is 23.5. The van der Waals surface area contributed by atoms with Gasteiger partial charge in [-0.05, 0) is 27.2 Å². The van der Waals surface area contributed by atoms with Crippen molar-refractivity contribution < 1.29 is 54.1 Å². The highest BCUT2D eigenvalue weighted by Crippen LogP contribution is 2.32. The van der Waals surface area contributed by atoms with Crippen LogP contribution in [0, 0.1) is 0 Å². The SMILES string of the molecule is CCC(C)(C)OC1C(C(=O)O)OC(OC2C(O)C(CO)O[C@H](C)C2NC(C)=O)C(O)C1O. The Kier molecular flexibility index (Phi) is 8.98. The summed E-state index contributed by atoms with van der Waals surface area (Å²) >= 11 is 0. The molecule has 186 valence electrons. The molecule has 0 saturated carbocycles. The Balaban J connectivity index is 2.29. The molecule has 0 aromatic carbocycles. The largest absolute Gasteiger partial charge is 0.479 e. The number of hydrogen-bond donors (Lipinski definition) is 6. The Bertz CT molecular complexity index is 659. The first-order valence-corrected chi connectivity index (χ1v) is 10.6. The Hall–Kier alpha value is -1.38. The highest BCUT2D eigenvalue weighted by Gasteiger charge is 2.53. The molecule has 2 fully saturated rings. The van der Waals surface area contributed by atoms with Gasteiger partial charge in [0, 0.05) is 6.92 Å². The van der Waals surface area contributed by atoms with Gasteiger partial charge in [0.15, 0.2) is 12.4 Å². The van der Waals surface area contributed by atoms with Crippen molar-refractivity contribution in [2.75, 3.05) is 6.61 Å². The van der Waals surface area contributed by atoms with Crippen molar-refractivity contribution in [3.05, 3.63) is 0 Å². The van der Waals surface area contributed by atoms with Crippen LogP contribution in [0.25, 0.3) is 0 Å². The van der Waals surface area contributed by atoms with E-state index in [-0.39, 0.29) is 0 Å². The Morgan fingerprint density at radius 1 is 1.06 bits per heavy atom. The first-order chi connectivity index (χ1) is 14.8. The number of rotatable bonds is 8. The number of carboxylic acids is 1. The molecule has 2 saturated heterocycles. The van der Waals surface area contributed by atoms with Crippen LogP contribution in [0.1, 0.15) is 41.0 Å². The average molecular weight is 465 g/mol. The zero-order chi connectivity index (χ0) is 24.4. The first-order valence-electron chi connectivity index (χ1n) is 10.6. The lowest BCUT2D eigenvalue weighted by Gasteiger charge is -2.48. The minimum absolute atomic E-state index is 0.447. The van der Waals surface area contributed by atoms with Gasteiger partial charge in [0.2, 0.25) is 5.91 Å². The van der Waals surface area contributed by atoms with Crippen molar-refractivity contribution in [3.8, 4) is 0 Å². The molecule has 10 atom stereocenters. The second-order valence-corrected chi connectivity index (χ2v) is 8.82. The third-order valence-corrected chi connectivity index (χ3v) is 5.90. The number of aliphatic hydroxyl groups is 4. The monoisotopic (exact) mass is 465 g/mol. The van der Waals surface area contributed by atoms with Crippen LogP contribution in [0.2, 0.25) is 0 Å². The van der Waals surface area contributed by atoms with Crippen molar-refractivity contribution >= 4 is 11.9 Å². The summed E-state index contributed by atoms with van der Waals surface area (Å²) in [6.45, 7) is 7.54. The van der Waals surface area contributed by atoms with Gasteiger partial charge in [-0.1, -0.05) is 6.92 Å². The summed E-state index contributed by atoms with van der Waals surface area (Å²) < 4.78 is 22.4. The van der Waals surface area contributed by atoms with E-state index in [0.29, 0.717) is 6.42 Å². The molecule has 9 unspecified atom stereocenters. The molecule has 0 bridgehead atoms. The summed E-state index contributed by atoms with van der Waals surface area (Å²) in [5.74, 6) is -1.88. The van der Waals surface area contributed by atoms with Gasteiger partial charge in [-0.2, -0.15) is 0 Å². The van der Waals surface area contributed by atoms with Crippen LogP contribution in [-0.2, 0) is 28.5 Å². The first kappa shape index (κ1) is 26.9. The van der Waals surface area contributed by atoms with Crippen LogP contribution in [0.4, 0.5) is 0 Å². The molecule has 2 aliphatic rings. The number of aliphatic carboxylic acids is 1. The summed E-state index contributed by atoms with van der Waals surface area (Å²) in [7, 11) is 0. The number of nitrogens with one attached hydrogen (secondary N) is 1. The van der Waals surface area contributed by atoms with Gasteiger partial charge in [-0.25, -0.2) is 4.79 Å². The molecule has 2 heterocycles. The number of amides is 1. The van der Waals surface area contributed by atoms with Crippen molar-refractivity contribution in [3.63, 3.8) is 0 Å². The molecule has 1 amide bonds. The van der Waals surface area contributed by atoms with E-state index in [2.05, 4.69) is 5.32 Å². The average Bonchev–Trinajstić information content (AvgIpc) is 2.71. The van der Waals surface area contributed by atoms with Crippen LogP contribution in [0.15, 0.2) is 0 Å². The zero-order valence-corrected chi connectivity index (χ0v) is 18.9. The van der Waals surface area contributed by atoms with E-state index in [0.717, 1.165) is 0 Å². The van der Waals surface area contributed by atoms with E-state index in [1.165, 1.54) is 6.92 Å². The van der Waals surface area contributed by atoms with Gasteiger partial charge >= 0.3 is 5.97 Å². The standard InChI is InChI=1S/C20H35NO11/c1-6-20(4,5)32-16-13(25)14(26)19(31-17(16)18(27)28)30-15-11(21-9(3)23)8(2)29-10(7-22)12(15)24/h8,10-17,19,22,24-26H,6-7H2,1-5H3,(H,21,23)(H,27,28)/t8-,10?,11?,12?,13?,14?,15?,16?,17?,19?/m1/s1. The third kappa shape index (κ3) is 5.94. The second-order valence-electron chi connectivity index (χ2n) is 8.82. The minimum Gasteiger partial charge on any atom is -0.479 e. The normalized spacial score (nSPS) is 40.7. The predicted octanol–water partition coefficient (Wildman–Crippen LogP) is -1.88. The van der Waals surface area contributed by atoms with Gasteiger partial charge in [-0.3, -0.25) is 4.79 Å². The van der Waals surface area contributed by atoms with E-state index in [4.69, 9.17) is 18.9 Å². The maximum Gasteiger partial charge on any atom is 0.335 e. The number of carboxylic acid groups (broad SMARTS) is 1. The Labute approximate surface area is 186 Å². The van der Waals surface area contributed by atoms with Gasteiger partial charge < -0.3 is 49.8 Å².